The maximum Gasteiger partial charge on any atom is 0.278 e. The highest BCUT2D eigenvalue weighted by molar-refractivity contribution is 6.30. The lowest BCUT2D eigenvalue weighted by Gasteiger charge is -2.33. The molecule has 0 amide bonds. The van der Waals surface area contributed by atoms with Crippen LogP contribution < -0.4 is 9.47 Å². The van der Waals surface area contributed by atoms with E-state index in [4.69, 9.17) is 30.8 Å². The molecule has 2 atom stereocenters. The summed E-state index contributed by atoms with van der Waals surface area (Å²) in [6.45, 7) is 7.88. The maximum atomic E-state index is 14.9. The number of benzene rings is 3. The molecule has 0 N–H and O–H groups in total. The summed E-state index contributed by atoms with van der Waals surface area (Å²) >= 11 is 6.00. The van der Waals surface area contributed by atoms with Crippen molar-refractivity contribution in [3.63, 3.8) is 0 Å². The summed E-state index contributed by atoms with van der Waals surface area (Å²) in [5.74, 6) is 1.74. The van der Waals surface area contributed by atoms with Gasteiger partial charge in [-0.05, 0) is 87.2 Å². The van der Waals surface area contributed by atoms with E-state index in [2.05, 4.69) is 43.7 Å². The smallest absolute Gasteiger partial charge is 0.278 e. The number of aryl methyl sites for hydroxylation is 1. The molecule has 5 heterocycles. The van der Waals surface area contributed by atoms with Crippen LogP contribution in [0.5, 0.6) is 11.5 Å². The van der Waals surface area contributed by atoms with Gasteiger partial charge in [0.1, 0.15) is 17.5 Å². The van der Waals surface area contributed by atoms with Gasteiger partial charge >= 0.3 is 0 Å². The number of imidazole rings is 1. The molecule has 0 saturated carbocycles. The van der Waals surface area contributed by atoms with E-state index in [0.29, 0.717) is 28.0 Å². The second-order valence-corrected chi connectivity index (χ2v) is 13.1. The molecule has 10 heteroatoms. The average Bonchev–Trinajstić information content (AvgIpc) is 3.55. The number of hydrogen-bond acceptors (Lipinski definition) is 7. The first-order valence-corrected chi connectivity index (χ1v) is 16.3. The molecule has 46 heavy (non-hydrogen) atoms. The van der Waals surface area contributed by atoms with Crippen molar-refractivity contribution in [2.45, 2.75) is 64.0 Å². The molecule has 3 aliphatic heterocycles. The van der Waals surface area contributed by atoms with Crippen LogP contribution in [0.15, 0.2) is 67.0 Å². The molecular weight excluding hydrogens is 605 g/mol. The van der Waals surface area contributed by atoms with Crippen LogP contribution in [0.4, 0.5) is 4.39 Å². The van der Waals surface area contributed by atoms with E-state index in [1.807, 2.05) is 31.5 Å². The lowest BCUT2D eigenvalue weighted by Crippen LogP contribution is -2.35. The number of halogens is 2. The van der Waals surface area contributed by atoms with Crippen LogP contribution in [0.25, 0.3) is 22.2 Å². The number of hydrogen-bond donors (Lipinski definition) is 0. The Bertz CT molecular complexity index is 1920. The zero-order valence-electron chi connectivity index (χ0n) is 25.9. The van der Waals surface area contributed by atoms with Crippen LogP contribution in [0.1, 0.15) is 54.9 Å². The Kier molecular flexibility index (Phi) is 7.43. The molecule has 0 radical (unpaired) electrons. The summed E-state index contributed by atoms with van der Waals surface area (Å²) in [6, 6.07) is 17.0. The number of aromatic nitrogens is 4. The van der Waals surface area contributed by atoms with Crippen molar-refractivity contribution in [2.24, 2.45) is 0 Å². The Morgan fingerprint density at radius 2 is 1.78 bits per heavy atom. The third-order valence-corrected chi connectivity index (χ3v) is 9.78. The van der Waals surface area contributed by atoms with Crippen LogP contribution in [-0.2, 0) is 23.6 Å². The van der Waals surface area contributed by atoms with Gasteiger partial charge in [0.2, 0.25) is 0 Å². The predicted molar refractivity (Wildman–Crippen MR) is 174 cm³/mol. The minimum absolute atomic E-state index is 0.224. The van der Waals surface area contributed by atoms with Crippen molar-refractivity contribution in [2.75, 3.05) is 19.7 Å². The van der Waals surface area contributed by atoms with Crippen molar-refractivity contribution < 1.29 is 18.6 Å². The standard InChI is InChI=1S/C36H35ClFN5O3/c1-22-39-18-25(19-40-22)24-6-9-32-31(16-24)41-34(43(32)20-27-12-15-44-27)21-42-13-10-23(11-14-42)28-4-3-5-33-35(28)46-36(2,45-33)29-8-7-26(37)17-30(29)38/h3-9,16-19,23,27H,10-15,20-21H2,1-2H3. The normalized spacial score (nSPS) is 21.5. The highest BCUT2D eigenvalue weighted by Gasteiger charge is 2.43. The summed E-state index contributed by atoms with van der Waals surface area (Å²) in [7, 11) is 0. The van der Waals surface area contributed by atoms with Crippen LogP contribution in [0.3, 0.4) is 0 Å². The Labute approximate surface area is 272 Å². The Hall–Kier alpha value is -4.05. The summed E-state index contributed by atoms with van der Waals surface area (Å²) in [5.41, 5.74) is 5.56. The van der Waals surface area contributed by atoms with E-state index in [0.717, 1.165) is 91.4 Å². The molecule has 2 fully saturated rings. The molecule has 2 unspecified atom stereocenters. The highest BCUT2D eigenvalue weighted by Crippen LogP contribution is 2.50. The third-order valence-electron chi connectivity index (χ3n) is 9.54. The van der Waals surface area contributed by atoms with E-state index < -0.39 is 11.6 Å². The van der Waals surface area contributed by atoms with Gasteiger partial charge in [-0.3, -0.25) is 4.90 Å². The molecule has 0 aliphatic carbocycles. The molecule has 2 aromatic heterocycles. The first-order valence-electron chi connectivity index (χ1n) is 15.9. The molecule has 3 aromatic carbocycles. The van der Waals surface area contributed by atoms with E-state index >= 15 is 0 Å². The van der Waals surface area contributed by atoms with E-state index in [-0.39, 0.29) is 6.10 Å². The van der Waals surface area contributed by atoms with Gasteiger partial charge in [0.25, 0.3) is 5.79 Å². The van der Waals surface area contributed by atoms with Crippen LogP contribution >= 0.6 is 11.6 Å². The summed E-state index contributed by atoms with van der Waals surface area (Å²) < 4.78 is 35.7. The van der Waals surface area contributed by atoms with Gasteiger partial charge in [-0.1, -0.05) is 29.8 Å². The van der Waals surface area contributed by atoms with Crippen molar-refractivity contribution in [3.05, 3.63) is 101 Å². The Morgan fingerprint density at radius 3 is 2.52 bits per heavy atom. The number of rotatable bonds is 7. The van der Waals surface area contributed by atoms with Crippen molar-refractivity contribution in [3.8, 4) is 22.6 Å². The molecule has 236 valence electrons. The first-order chi connectivity index (χ1) is 22.3. The van der Waals surface area contributed by atoms with Gasteiger partial charge in [0.15, 0.2) is 11.5 Å². The van der Waals surface area contributed by atoms with Crippen LogP contribution in [0.2, 0.25) is 5.02 Å². The molecule has 3 aliphatic rings. The van der Waals surface area contributed by atoms with Crippen LogP contribution in [0, 0.1) is 12.7 Å². The van der Waals surface area contributed by atoms with Gasteiger partial charge in [-0.25, -0.2) is 19.3 Å². The van der Waals surface area contributed by atoms with Gasteiger partial charge in [-0.15, -0.1) is 0 Å². The zero-order chi connectivity index (χ0) is 31.4. The monoisotopic (exact) mass is 639 g/mol. The average molecular weight is 640 g/mol. The Balaban J connectivity index is 1.000. The number of ether oxygens (including phenoxy) is 3. The molecule has 0 bridgehead atoms. The molecular formula is C36H35ClFN5O3. The molecule has 8 nitrogen and oxygen atoms in total. The first kappa shape index (κ1) is 29.4. The fraction of sp³-hybridized carbons (Fsp3) is 0.361. The number of piperidine rings is 1. The SMILES string of the molecule is Cc1ncc(-c2ccc3c(c2)nc(CN2CCC(c4cccc5c4OC(C)(c4ccc(Cl)cc4F)O5)CC2)n3CC2CCO2)cn1. The molecule has 8 rings (SSSR count). The van der Waals surface area contributed by atoms with Crippen LogP contribution in [-0.4, -0.2) is 50.2 Å². The minimum Gasteiger partial charge on any atom is -0.444 e. The number of fused-ring (bicyclic) bond motifs is 2. The maximum absolute atomic E-state index is 14.9. The number of para-hydroxylation sites is 1. The van der Waals surface area contributed by atoms with Gasteiger partial charge in [-0.2, -0.15) is 0 Å². The fourth-order valence-electron chi connectivity index (χ4n) is 6.90. The largest absolute Gasteiger partial charge is 0.444 e. The molecule has 0 spiro atoms. The van der Waals surface area contributed by atoms with E-state index in [9.17, 15) is 4.39 Å². The number of likely N-dealkylation sites (tertiary alicyclic amines) is 1. The summed E-state index contributed by atoms with van der Waals surface area (Å²) in [6.07, 6.45) is 6.96. The minimum atomic E-state index is -1.26. The third kappa shape index (κ3) is 5.40. The molecule has 5 aromatic rings. The van der Waals surface area contributed by atoms with Gasteiger partial charge < -0.3 is 18.8 Å². The summed E-state index contributed by atoms with van der Waals surface area (Å²) in [5, 5.41) is 0.335. The van der Waals surface area contributed by atoms with Gasteiger partial charge in [0, 0.05) is 42.1 Å². The number of nitrogens with zero attached hydrogens (tertiary/aromatic N) is 5. The van der Waals surface area contributed by atoms with Gasteiger partial charge in [0.05, 0.1) is 35.8 Å². The zero-order valence-corrected chi connectivity index (χ0v) is 26.6. The van der Waals surface area contributed by atoms with Crippen molar-refractivity contribution in [1.29, 1.82) is 0 Å². The second kappa shape index (κ2) is 11.6. The highest BCUT2D eigenvalue weighted by atomic mass is 35.5. The van der Waals surface area contributed by atoms with E-state index in [1.165, 1.54) is 6.07 Å². The fourth-order valence-corrected chi connectivity index (χ4v) is 7.06. The van der Waals surface area contributed by atoms with E-state index in [1.54, 1.807) is 19.1 Å². The topological polar surface area (TPSA) is 74.5 Å². The van der Waals surface area contributed by atoms with Crippen molar-refractivity contribution in [1.82, 2.24) is 24.4 Å². The second-order valence-electron chi connectivity index (χ2n) is 12.6. The molecule has 2 saturated heterocycles. The van der Waals surface area contributed by atoms with Crippen molar-refractivity contribution >= 4 is 22.6 Å². The summed E-state index contributed by atoms with van der Waals surface area (Å²) in [4.78, 5) is 16.4. The quantitative estimate of drug-likeness (QED) is 0.184. The lowest BCUT2D eigenvalue weighted by atomic mass is 9.88. The Morgan fingerprint density at radius 1 is 0.978 bits per heavy atom. The predicted octanol–water partition coefficient (Wildman–Crippen LogP) is 7.41. The lowest BCUT2D eigenvalue weighted by molar-refractivity contribution is -0.0712.